The lowest BCUT2D eigenvalue weighted by atomic mass is 9.82. The van der Waals surface area contributed by atoms with Crippen LogP contribution in [0.4, 0.5) is 0 Å². The Bertz CT molecular complexity index is 2290. The molecule has 0 aromatic heterocycles. The van der Waals surface area contributed by atoms with E-state index in [9.17, 15) is 0 Å². The van der Waals surface area contributed by atoms with Gasteiger partial charge in [-0.05, 0) is 100 Å². The van der Waals surface area contributed by atoms with Crippen molar-refractivity contribution in [2.45, 2.75) is 6.92 Å². The van der Waals surface area contributed by atoms with Crippen LogP contribution in [0.2, 0.25) is 0 Å². The first kappa shape index (κ1) is 24.2. The summed E-state index contributed by atoms with van der Waals surface area (Å²) >= 11 is 0. The molecular formula is C43H28. The molecule has 0 bridgehead atoms. The second-order valence-electron chi connectivity index (χ2n) is 11.6. The van der Waals surface area contributed by atoms with Crippen LogP contribution in [-0.2, 0) is 0 Å². The Kier molecular flexibility index (Phi) is 5.21. The lowest BCUT2D eigenvalue weighted by Crippen LogP contribution is -1.93. The van der Waals surface area contributed by atoms with E-state index in [-0.39, 0.29) is 0 Å². The average molecular weight is 545 g/mol. The van der Waals surface area contributed by atoms with Crippen molar-refractivity contribution in [2.24, 2.45) is 0 Å². The molecule has 0 saturated carbocycles. The van der Waals surface area contributed by atoms with Gasteiger partial charge in [0.15, 0.2) is 0 Å². The molecule has 0 radical (unpaired) electrons. The van der Waals surface area contributed by atoms with Crippen LogP contribution < -0.4 is 0 Å². The summed E-state index contributed by atoms with van der Waals surface area (Å²) in [6, 6.07) is 55.9. The van der Waals surface area contributed by atoms with Crippen molar-refractivity contribution in [1.29, 1.82) is 0 Å². The predicted octanol–water partition coefficient (Wildman–Crippen LogP) is 12.1. The van der Waals surface area contributed by atoms with Crippen LogP contribution in [0.3, 0.4) is 0 Å². The summed E-state index contributed by atoms with van der Waals surface area (Å²) in [5, 5.41) is 7.86. The molecule has 1 aliphatic carbocycles. The first-order chi connectivity index (χ1) is 21.3. The Morgan fingerprint density at radius 1 is 0.279 bits per heavy atom. The first-order valence-electron chi connectivity index (χ1n) is 15.0. The molecule has 1 aliphatic rings. The topological polar surface area (TPSA) is 0 Å². The maximum absolute atomic E-state index is 2.39. The molecular weight excluding hydrogens is 516 g/mol. The molecule has 0 saturated heterocycles. The van der Waals surface area contributed by atoms with Gasteiger partial charge >= 0.3 is 0 Å². The fraction of sp³-hybridized carbons (Fsp3) is 0.0233. The van der Waals surface area contributed by atoms with Gasteiger partial charge in [-0.1, -0.05) is 152 Å². The van der Waals surface area contributed by atoms with Gasteiger partial charge in [-0.25, -0.2) is 0 Å². The van der Waals surface area contributed by atoms with Crippen molar-refractivity contribution < 1.29 is 0 Å². The SMILES string of the molecule is Cc1cccc2c(-c3ccc4c5c(cccc35)-c3c-4c(-c4ccccc4)c4ccccc4c3-c3ccccc3)cccc12. The number of fused-ring (bicyclic) bond motifs is 5. The number of aryl methyl sites for hydroxylation is 1. The molecule has 0 spiro atoms. The maximum Gasteiger partial charge on any atom is -0.000741 e. The van der Waals surface area contributed by atoms with E-state index in [4.69, 9.17) is 0 Å². The molecule has 0 nitrogen and oxygen atoms in total. The molecule has 0 N–H and O–H groups in total. The summed E-state index contributed by atoms with van der Waals surface area (Å²) in [4.78, 5) is 0. The maximum atomic E-state index is 2.39. The third-order valence-electron chi connectivity index (χ3n) is 9.35. The molecule has 200 valence electrons. The highest BCUT2D eigenvalue weighted by molar-refractivity contribution is 6.29. The summed E-state index contributed by atoms with van der Waals surface area (Å²) in [6.45, 7) is 2.21. The van der Waals surface area contributed by atoms with Crippen molar-refractivity contribution in [2.75, 3.05) is 0 Å². The molecule has 9 rings (SSSR count). The summed E-state index contributed by atoms with van der Waals surface area (Å²) in [5.41, 5.74) is 14.4. The Morgan fingerprint density at radius 2 is 0.721 bits per heavy atom. The molecule has 0 heteroatoms. The summed E-state index contributed by atoms with van der Waals surface area (Å²) in [5.74, 6) is 0. The molecule has 8 aromatic rings. The Labute approximate surface area is 251 Å². The number of hydrogen-bond donors (Lipinski definition) is 0. The molecule has 43 heavy (non-hydrogen) atoms. The van der Waals surface area contributed by atoms with Crippen molar-refractivity contribution in [3.63, 3.8) is 0 Å². The molecule has 0 aliphatic heterocycles. The highest BCUT2D eigenvalue weighted by Crippen LogP contribution is 2.58. The van der Waals surface area contributed by atoms with Crippen molar-refractivity contribution in [1.82, 2.24) is 0 Å². The van der Waals surface area contributed by atoms with E-state index < -0.39 is 0 Å². The smallest absolute Gasteiger partial charge is 0.000741 e. The Hall–Kier alpha value is -5.46. The van der Waals surface area contributed by atoms with Crippen molar-refractivity contribution >= 4 is 32.3 Å². The fourth-order valence-electron chi connectivity index (χ4n) is 7.55. The van der Waals surface area contributed by atoms with Crippen LogP contribution in [0.5, 0.6) is 0 Å². The minimum Gasteiger partial charge on any atom is -0.0622 e. The third-order valence-corrected chi connectivity index (χ3v) is 9.35. The van der Waals surface area contributed by atoms with E-state index in [0.29, 0.717) is 0 Å². The Balaban J connectivity index is 1.46. The van der Waals surface area contributed by atoms with Gasteiger partial charge in [-0.3, -0.25) is 0 Å². The minimum absolute atomic E-state index is 1.25. The zero-order valence-electron chi connectivity index (χ0n) is 23.9. The van der Waals surface area contributed by atoms with Gasteiger partial charge in [-0.2, -0.15) is 0 Å². The third kappa shape index (κ3) is 3.44. The van der Waals surface area contributed by atoms with Crippen LogP contribution in [-0.4, -0.2) is 0 Å². The first-order valence-corrected chi connectivity index (χ1v) is 15.0. The molecule has 0 atom stereocenters. The van der Waals surface area contributed by atoms with Crippen LogP contribution in [0.15, 0.2) is 152 Å². The minimum atomic E-state index is 1.25. The largest absolute Gasteiger partial charge is 0.0622 e. The fourth-order valence-corrected chi connectivity index (χ4v) is 7.55. The van der Waals surface area contributed by atoms with Crippen LogP contribution in [0.1, 0.15) is 5.56 Å². The van der Waals surface area contributed by atoms with Gasteiger partial charge in [0.05, 0.1) is 0 Å². The van der Waals surface area contributed by atoms with E-state index >= 15 is 0 Å². The monoisotopic (exact) mass is 544 g/mol. The molecule has 0 heterocycles. The van der Waals surface area contributed by atoms with Gasteiger partial charge < -0.3 is 0 Å². The van der Waals surface area contributed by atoms with E-state index in [1.165, 1.54) is 93.5 Å². The van der Waals surface area contributed by atoms with Gasteiger partial charge in [0.1, 0.15) is 0 Å². The second kappa shape index (κ2) is 9.28. The molecule has 0 fully saturated rings. The van der Waals surface area contributed by atoms with E-state index in [1.807, 2.05) is 0 Å². The quantitative estimate of drug-likeness (QED) is 0.207. The van der Waals surface area contributed by atoms with Gasteiger partial charge in [-0.15, -0.1) is 0 Å². The van der Waals surface area contributed by atoms with E-state index in [0.717, 1.165) is 0 Å². The summed E-state index contributed by atoms with van der Waals surface area (Å²) in [7, 11) is 0. The van der Waals surface area contributed by atoms with Crippen molar-refractivity contribution in [3.8, 4) is 55.6 Å². The number of hydrogen-bond acceptors (Lipinski definition) is 0. The molecule has 0 unspecified atom stereocenters. The zero-order chi connectivity index (χ0) is 28.5. The highest BCUT2D eigenvalue weighted by Gasteiger charge is 2.31. The van der Waals surface area contributed by atoms with Crippen molar-refractivity contribution in [3.05, 3.63) is 157 Å². The second-order valence-corrected chi connectivity index (χ2v) is 11.6. The Morgan fingerprint density at radius 3 is 1.37 bits per heavy atom. The van der Waals surface area contributed by atoms with Gasteiger partial charge in [0.25, 0.3) is 0 Å². The normalized spacial score (nSPS) is 11.8. The number of benzene rings is 8. The van der Waals surface area contributed by atoms with E-state index in [2.05, 4.69) is 159 Å². The summed E-state index contributed by atoms with van der Waals surface area (Å²) in [6.07, 6.45) is 0. The van der Waals surface area contributed by atoms with Crippen LogP contribution >= 0.6 is 0 Å². The van der Waals surface area contributed by atoms with Crippen LogP contribution in [0, 0.1) is 6.92 Å². The lowest BCUT2D eigenvalue weighted by molar-refractivity contribution is 1.53. The zero-order valence-corrected chi connectivity index (χ0v) is 23.9. The average Bonchev–Trinajstić information content (AvgIpc) is 3.39. The molecule has 0 amide bonds. The standard InChI is InChI=1S/C43H28/c1-27-13-10-21-31-30(27)20-11-22-32(31)33-25-26-38-41-34(33)23-12-24-37(41)42-39(28-14-4-2-5-15-28)35-18-8-9-19-36(35)40(43(38)42)29-16-6-3-7-17-29/h2-26H,1H3. The van der Waals surface area contributed by atoms with Gasteiger partial charge in [0.2, 0.25) is 0 Å². The van der Waals surface area contributed by atoms with Gasteiger partial charge in [0, 0.05) is 0 Å². The lowest BCUT2D eigenvalue weighted by Gasteiger charge is -2.20. The van der Waals surface area contributed by atoms with E-state index in [1.54, 1.807) is 0 Å². The highest BCUT2D eigenvalue weighted by atomic mass is 14.3. The van der Waals surface area contributed by atoms with Crippen LogP contribution in [0.25, 0.3) is 88.0 Å². The summed E-state index contributed by atoms with van der Waals surface area (Å²) < 4.78 is 0. The predicted molar refractivity (Wildman–Crippen MR) is 184 cm³/mol. The molecule has 8 aromatic carbocycles. The number of rotatable bonds is 3.